The van der Waals surface area contributed by atoms with Crippen LogP contribution in [0.15, 0.2) is 12.1 Å². The lowest BCUT2D eigenvalue weighted by Crippen LogP contribution is -2.35. The SMILES string of the molecule is CC1(c2c(F)ccc3c2OCCO3)CCCN1. The van der Waals surface area contributed by atoms with Gasteiger partial charge < -0.3 is 14.8 Å². The maximum Gasteiger partial charge on any atom is 0.169 e. The lowest BCUT2D eigenvalue weighted by Gasteiger charge is -2.30. The van der Waals surface area contributed by atoms with Crippen molar-refractivity contribution in [1.82, 2.24) is 5.32 Å². The predicted octanol–water partition coefficient (Wildman–Crippen LogP) is 2.20. The van der Waals surface area contributed by atoms with Crippen molar-refractivity contribution in [3.63, 3.8) is 0 Å². The van der Waals surface area contributed by atoms with Gasteiger partial charge in [-0.2, -0.15) is 0 Å². The molecule has 1 fully saturated rings. The summed E-state index contributed by atoms with van der Waals surface area (Å²) in [5.74, 6) is 1.02. The number of benzene rings is 1. The van der Waals surface area contributed by atoms with E-state index in [1.807, 2.05) is 6.92 Å². The highest BCUT2D eigenvalue weighted by Gasteiger charge is 2.37. The maximum atomic E-state index is 14.1. The Labute approximate surface area is 99.9 Å². The van der Waals surface area contributed by atoms with Gasteiger partial charge >= 0.3 is 0 Å². The lowest BCUT2D eigenvalue weighted by atomic mass is 9.89. The van der Waals surface area contributed by atoms with Gasteiger partial charge in [-0.1, -0.05) is 0 Å². The number of hydrogen-bond donors (Lipinski definition) is 1. The summed E-state index contributed by atoms with van der Waals surface area (Å²) in [5, 5.41) is 3.36. The van der Waals surface area contributed by atoms with Crippen molar-refractivity contribution in [2.24, 2.45) is 0 Å². The van der Waals surface area contributed by atoms with Crippen LogP contribution in [0.1, 0.15) is 25.3 Å². The number of nitrogens with one attached hydrogen (secondary N) is 1. The molecule has 1 unspecified atom stereocenters. The molecule has 2 aliphatic rings. The molecule has 1 N–H and O–H groups in total. The molecule has 1 aromatic carbocycles. The first-order chi connectivity index (χ1) is 8.21. The van der Waals surface area contributed by atoms with E-state index in [1.54, 1.807) is 6.07 Å². The van der Waals surface area contributed by atoms with Crippen molar-refractivity contribution in [2.45, 2.75) is 25.3 Å². The average molecular weight is 237 g/mol. The van der Waals surface area contributed by atoms with Gasteiger partial charge in [0.15, 0.2) is 11.5 Å². The van der Waals surface area contributed by atoms with Gasteiger partial charge in [0.05, 0.1) is 5.56 Å². The van der Waals surface area contributed by atoms with Crippen molar-refractivity contribution < 1.29 is 13.9 Å². The van der Waals surface area contributed by atoms with Crippen LogP contribution < -0.4 is 14.8 Å². The highest BCUT2D eigenvalue weighted by atomic mass is 19.1. The molecule has 92 valence electrons. The van der Waals surface area contributed by atoms with E-state index < -0.39 is 0 Å². The Morgan fingerprint density at radius 3 is 2.88 bits per heavy atom. The predicted molar refractivity (Wildman–Crippen MR) is 62.0 cm³/mol. The molecule has 0 spiro atoms. The zero-order chi connectivity index (χ0) is 11.9. The molecule has 2 aliphatic heterocycles. The molecule has 3 rings (SSSR count). The molecular formula is C13H16FNO2. The van der Waals surface area contributed by atoms with Gasteiger partial charge in [-0.3, -0.25) is 0 Å². The standard InChI is InChI=1S/C13H16FNO2/c1-13(5-2-6-15-13)11-9(14)3-4-10-12(11)17-8-7-16-10/h3-4,15H,2,5-8H2,1H3. The Kier molecular flexibility index (Phi) is 2.47. The van der Waals surface area contributed by atoms with Crippen molar-refractivity contribution in [1.29, 1.82) is 0 Å². The van der Waals surface area contributed by atoms with Crippen LogP contribution >= 0.6 is 0 Å². The highest BCUT2D eigenvalue weighted by molar-refractivity contribution is 5.51. The molecular weight excluding hydrogens is 221 g/mol. The monoisotopic (exact) mass is 237 g/mol. The van der Waals surface area contributed by atoms with Crippen molar-refractivity contribution in [3.05, 3.63) is 23.5 Å². The maximum absolute atomic E-state index is 14.1. The van der Waals surface area contributed by atoms with Crippen LogP contribution in [0.2, 0.25) is 0 Å². The first kappa shape index (κ1) is 10.8. The van der Waals surface area contributed by atoms with E-state index in [9.17, 15) is 4.39 Å². The number of fused-ring (bicyclic) bond motifs is 1. The van der Waals surface area contributed by atoms with Gasteiger partial charge in [0.1, 0.15) is 19.0 Å². The number of rotatable bonds is 1. The van der Waals surface area contributed by atoms with Crippen LogP contribution in [0.25, 0.3) is 0 Å². The number of halogens is 1. The third-order valence-electron chi connectivity index (χ3n) is 3.58. The first-order valence-electron chi connectivity index (χ1n) is 6.04. The molecule has 3 nitrogen and oxygen atoms in total. The summed E-state index contributed by atoms with van der Waals surface area (Å²) in [5.41, 5.74) is 0.281. The van der Waals surface area contributed by atoms with Crippen molar-refractivity contribution in [3.8, 4) is 11.5 Å². The molecule has 0 bridgehead atoms. The number of hydrogen-bond acceptors (Lipinski definition) is 3. The number of ether oxygens (including phenoxy) is 2. The molecule has 0 aliphatic carbocycles. The smallest absolute Gasteiger partial charge is 0.169 e. The fourth-order valence-electron chi connectivity index (χ4n) is 2.71. The molecule has 0 amide bonds. The molecule has 2 heterocycles. The minimum absolute atomic E-state index is 0.217. The zero-order valence-electron chi connectivity index (χ0n) is 9.88. The minimum atomic E-state index is -0.337. The largest absolute Gasteiger partial charge is 0.486 e. The van der Waals surface area contributed by atoms with Gasteiger partial charge in [-0.05, 0) is 38.4 Å². The van der Waals surface area contributed by atoms with Crippen LogP contribution in [0.5, 0.6) is 11.5 Å². The second-order valence-corrected chi connectivity index (χ2v) is 4.81. The Morgan fingerprint density at radius 1 is 1.29 bits per heavy atom. The van der Waals surface area contributed by atoms with E-state index in [-0.39, 0.29) is 11.4 Å². The van der Waals surface area contributed by atoms with Crippen LogP contribution in [0.4, 0.5) is 4.39 Å². The van der Waals surface area contributed by atoms with Crippen LogP contribution in [-0.2, 0) is 5.54 Å². The topological polar surface area (TPSA) is 30.5 Å². The summed E-state index contributed by atoms with van der Waals surface area (Å²) in [6, 6.07) is 3.11. The normalized spacial score (nSPS) is 27.2. The third-order valence-corrected chi connectivity index (χ3v) is 3.58. The molecule has 0 radical (unpaired) electrons. The molecule has 4 heteroatoms. The second kappa shape index (κ2) is 3.88. The quantitative estimate of drug-likeness (QED) is 0.812. The van der Waals surface area contributed by atoms with E-state index >= 15 is 0 Å². The highest BCUT2D eigenvalue weighted by Crippen LogP contribution is 2.44. The Balaban J connectivity index is 2.14. The Morgan fingerprint density at radius 2 is 2.12 bits per heavy atom. The molecule has 0 saturated carbocycles. The second-order valence-electron chi connectivity index (χ2n) is 4.81. The van der Waals surface area contributed by atoms with E-state index in [0.29, 0.717) is 30.3 Å². The van der Waals surface area contributed by atoms with Crippen LogP contribution in [-0.4, -0.2) is 19.8 Å². The molecule has 1 aromatic rings. The van der Waals surface area contributed by atoms with Crippen molar-refractivity contribution >= 4 is 0 Å². The minimum Gasteiger partial charge on any atom is -0.486 e. The average Bonchev–Trinajstić information content (AvgIpc) is 2.76. The van der Waals surface area contributed by atoms with Gasteiger partial charge in [-0.15, -0.1) is 0 Å². The lowest BCUT2D eigenvalue weighted by molar-refractivity contribution is 0.164. The van der Waals surface area contributed by atoms with Crippen LogP contribution in [0, 0.1) is 5.82 Å². The summed E-state index contributed by atoms with van der Waals surface area (Å²) in [4.78, 5) is 0. The van der Waals surface area contributed by atoms with Crippen molar-refractivity contribution in [2.75, 3.05) is 19.8 Å². The van der Waals surface area contributed by atoms with Gasteiger partial charge in [-0.25, -0.2) is 4.39 Å². The van der Waals surface area contributed by atoms with Gasteiger partial charge in [0, 0.05) is 5.54 Å². The fraction of sp³-hybridized carbons (Fsp3) is 0.538. The van der Waals surface area contributed by atoms with Gasteiger partial charge in [0.2, 0.25) is 0 Å². The Bertz CT molecular complexity index is 441. The van der Waals surface area contributed by atoms with E-state index in [4.69, 9.17) is 9.47 Å². The zero-order valence-corrected chi connectivity index (χ0v) is 9.88. The van der Waals surface area contributed by atoms with Crippen LogP contribution in [0.3, 0.4) is 0 Å². The van der Waals surface area contributed by atoms with E-state index in [1.165, 1.54) is 6.07 Å². The fourth-order valence-corrected chi connectivity index (χ4v) is 2.71. The van der Waals surface area contributed by atoms with E-state index in [0.717, 1.165) is 19.4 Å². The summed E-state index contributed by atoms with van der Waals surface area (Å²) in [7, 11) is 0. The van der Waals surface area contributed by atoms with E-state index in [2.05, 4.69) is 5.32 Å². The summed E-state index contributed by atoms with van der Waals surface area (Å²) >= 11 is 0. The molecule has 17 heavy (non-hydrogen) atoms. The first-order valence-corrected chi connectivity index (χ1v) is 6.04. The molecule has 1 saturated heterocycles. The molecule has 1 atom stereocenters. The Hall–Kier alpha value is -1.29. The summed E-state index contributed by atoms with van der Waals surface area (Å²) in [6.45, 7) is 3.96. The third kappa shape index (κ3) is 1.67. The van der Waals surface area contributed by atoms with Gasteiger partial charge in [0.25, 0.3) is 0 Å². The summed E-state index contributed by atoms with van der Waals surface area (Å²) in [6.07, 6.45) is 1.98. The summed E-state index contributed by atoms with van der Waals surface area (Å²) < 4.78 is 25.2. The molecule has 0 aromatic heterocycles.